The highest BCUT2D eigenvalue weighted by Gasteiger charge is 2.04. The fourth-order valence-corrected chi connectivity index (χ4v) is 2.72. The van der Waals surface area contributed by atoms with Crippen LogP contribution in [-0.2, 0) is 0 Å². The first-order valence-electron chi connectivity index (χ1n) is 6.08. The second kappa shape index (κ2) is 5.35. The Hall–Kier alpha value is -2.33. The molecule has 1 N–H and O–H groups in total. The van der Waals surface area contributed by atoms with Crippen molar-refractivity contribution < 1.29 is 9.90 Å². The highest BCUT2D eigenvalue weighted by Crippen LogP contribution is 2.28. The van der Waals surface area contributed by atoms with Gasteiger partial charge in [0.15, 0.2) is 0 Å². The molecular formula is C16H11NO2S. The highest BCUT2D eigenvalue weighted by molar-refractivity contribution is 7.99. The van der Waals surface area contributed by atoms with Gasteiger partial charge in [-0.2, -0.15) is 0 Å². The number of carboxylic acids is 1. The molecule has 0 saturated heterocycles. The summed E-state index contributed by atoms with van der Waals surface area (Å²) in [5, 5.41) is 12.0. The predicted molar refractivity (Wildman–Crippen MR) is 79.3 cm³/mol. The number of carbonyl (C=O) groups is 1. The van der Waals surface area contributed by atoms with Crippen molar-refractivity contribution >= 4 is 28.5 Å². The first kappa shape index (κ1) is 12.7. The van der Waals surface area contributed by atoms with Crippen LogP contribution in [0.4, 0.5) is 0 Å². The summed E-state index contributed by atoms with van der Waals surface area (Å²) in [6.07, 6.45) is 1.38. The lowest BCUT2D eigenvalue weighted by atomic mass is 10.1. The number of carboxylic acid groups (broad SMARTS) is 1. The molecule has 3 nitrogen and oxygen atoms in total. The van der Waals surface area contributed by atoms with E-state index in [1.807, 2.05) is 18.2 Å². The van der Waals surface area contributed by atoms with Crippen molar-refractivity contribution in [2.75, 3.05) is 0 Å². The van der Waals surface area contributed by atoms with Crippen molar-refractivity contribution in [1.29, 1.82) is 0 Å². The maximum atomic E-state index is 10.8. The first-order chi connectivity index (χ1) is 9.72. The quantitative estimate of drug-likeness (QED) is 0.785. The van der Waals surface area contributed by atoms with Crippen molar-refractivity contribution in [3.63, 3.8) is 0 Å². The fraction of sp³-hybridized carbons (Fsp3) is 0. The number of aromatic nitrogens is 1. The predicted octanol–water partition coefficient (Wildman–Crippen LogP) is 4.08. The minimum Gasteiger partial charge on any atom is -0.478 e. The number of nitrogens with zero attached hydrogens (tertiary/aromatic N) is 1. The molecule has 20 heavy (non-hydrogen) atoms. The van der Waals surface area contributed by atoms with Gasteiger partial charge in [0.2, 0.25) is 0 Å². The first-order valence-corrected chi connectivity index (χ1v) is 6.90. The maximum Gasteiger partial charge on any atom is 0.337 e. The molecule has 0 spiro atoms. The van der Waals surface area contributed by atoms with Crippen LogP contribution < -0.4 is 0 Å². The van der Waals surface area contributed by atoms with Crippen molar-refractivity contribution in [1.82, 2.24) is 4.98 Å². The third kappa shape index (κ3) is 2.65. The zero-order valence-electron chi connectivity index (χ0n) is 10.5. The molecule has 98 valence electrons. The highest BCUT2D eigenvalue weighted by atomic mass is 32.2. The summed E-state index contributed by atoms with van der Waals surface area (Å²) >= 11 is 1.52. The maximum absolute atomic E-state index is 10.8. The van der Waals surface area contributed by atoms with E-state index in [-0.39, 0.29) is 5.56 Å². The number of hydrogen-bond donors (Lipinski definition) is 1. The van der Waals surface area contributed by atoms with Crippen LogP contribution in [0.3, 0.4) is 0 Å². The Morgan fingerprint density at radius 3 is 2.50 bits per heavy atom. The van der Waals surface area contributed by atoms with E-state index >= 15 is 0 Å². The number of fused-ring (bicyclic) bond motifs is 1. The minimum atomic E-state index is -0.959. The lowest BCUT2D eigenvalue weighted by Gasteiger charge is -2.03. The fourth-order valence-electron chi connectivity index (χ4n) is 1.92. The molecule has 3 aromatic rings. The summed E-state index contributed by atoms with van der Waals surface area (Å²) in [5.74, 6) is -0.959. The number of aromatic carboxylic acids is 1. The largest absolute Gasteiger partial charge is 0.478 e. The number of rotatable bonds is 3. The van der Waals surface area contributed by atoms with E-state index in [0.29, 0.717) is 0 Å². The van der Waals surface area contributed by atoms with Gasteiger partial charge in [-0.3, -0.25) is 0 Å². The Kier molecular flexibility index (Phi) is 3.39. The average Bonchev–Trinajstić information content (AvgIpc) is 2.48. The van der Waals surface area contributed by atoms with Gasteiger partial charge in [-0.25, -0.2) is 9.78 Å². The molecule has 0 aliphatic heterocycles. The van der Waals surface area contributed by atoms with Gasteiger partial charge in [0.25, 0.3) is 0 Å². The van der Waals surface area contributed by atoms with Gasteiger partial charge in [0.05, 0.1) is 5.56 Å². The van der Waals surface area contributed by atoms with Gasteiger partial charge in [-0.15, -0.1) is 0 Å². The molecule has 0 aliphatic carbocycles. The lowest BCUT2D eigenvalue weighted by Crippen LogP contribution is -1.96. The van der Waals surface area contributed by atoms with Gasteiger partial charge in [-0.05, 0) is 35.0 Å². The lowest BCUT2D eigenvalue weighted by molar-refractivity contribution is 0.0696. The van der Waals surface area contributed by atoms with E-state index in [1.165, 1.54) is 28.7 Å². The van der Waals surface area contributed by atoms with Crippen LogP contribution in [-0.4, -0.2) is 16.1 Å². The third-order valence-electron chi connectivity index (χ3n) is 2.93. The minimum absolute atomic E-state index is 0.202. The second-order valence-electron chi connectivity index (χ2n) is 4.30. The van der Waals surface area contributed by atoms with Crippen molar-refractivity contribution in [3.8, 4) is 0 Å². The van der Waals surface area contributed by atoms with E-state index < -0.39 is 5.97 Å². The number of benzene rings is 2. The molecule has 4 heteroatoms. The van der Waals surface area contributed by atoms with Crippen molar-refractivity contribution in [2.45, 2.75) is 9.92 Å². The second-order valence-corrected chi connectivity index (χ2v) is 5.40. The molecule has 2 aromatic carbocycles. The van der Waals surface area contributed by atoms with Gasteiger partial charge in [0, 0.05) is 11.1 Å². The van der Waals surface area contributed by atoms with E-state index in [1.54, 1.807) is 12.1 Å². The summed E-state index contributed by atoms with van der Waals surface area (Å²) in [5.41, 5.74) is 0.202. The molecule has 0 bridgehead atoms. The van der Waals surface area contributed by atoms with Gasteiger partial charge in [-0.1, -0.05) is 42.1 Å². The van der Waals surface area contributed by atoms with Gasteiger partial charge >= 0.3 is 5.97 Å². The molecular weight excluding hydrogens is 270 g/mol. The van der Waals surface area contributed by atoms with Crippen LogP contribution in [0.5, 0.6) is 0 Å². The van der Waals surface area contributed by atoms with E-state index in [4.69, 9.17) is 5.11 Å². The molecule has 0 atom stereocenters. The zero-order valence-corrected chi connectivity index (χ0v) is 11.3. The molecule has 1 heterocycles. The van der Waals surface area contributed by atoms with Crippen LogP contribution >= 0.6 is 11.8 Å². The zero-order chi connectivity index (χ0) is 13.9. The Morgan fingerprint density at radius 2 is 1.80 bits per heavy atom. The Morgan fingerprint density at radius 1 is 1.00 bits per heavy atom. The van der Waals surface area contributed by atoms with Crippen LogP contribution in [0.15, 0.2) is 70.7 Å². The third-order valence-corrected chi connectivity index (χ3v) is 3.87. The monoisotopic (exact) mass is 281 g/mol. The Balaban J connectivity index is 1.87. The Bertz CT molecular complexity index is 769. The van der Waals surface area contributed by atoms with E-state index in [9.17, 15) is 4.79 Å². The molecule has 0 saturated carbocycles. The van der Waals surface area contributed by atoms with Crippen molar-refractivity contribution in [3.05, 3.63) is 66.4 Å². The topological polar surface area (TPSA) is 50.2 Å². The molecule has 1 aromatic heterocycles. The summed E-state index contributed by atoms with van der Waals surface area (Å²) in [6, 6.07) is 17.7. The molecule has 0 aliphatic rings. The van der Waals surface area contributed by atoms with Gasteiger partial charge < -0.3 is 5.11 Å². The van der Waals surface area contributed by atoms with Crippen LogP contribution in [0, 0.1) is 0 Å². The number of hydrogen-bond acceptors (Lipinski definition) is 3. The van der Waals surface area contributed by atoms with Crippen LogP contribution in [0.1, 0.15) is 10.4 Å². The molecule has 0 radical (unpaired) electrons. The standard InChI is InChI=1S/C16H11NO2S/c18-16(19)13-6-8-15(17-10-13)20-14-7-5-11-3-1-2-4-12(11)9-14/h1-10H,(H,18,19). The molecule has 0 unspecified atom stereocenters. The summed E-state index contributed by atoms with van der Waals surface area (Å²) in [7, 11) is 0. The van der Waals surface area contributed by atoms with Crippen LogP contribution in [0.25, 0.3) is 10.8 Å². The summed E-state index contributed by atoms with van der Waals surface area (Å²) < 4.78 is 0. The van der Waals surface area contributed by atoms with Crippen molar-refractivity contribution in [2.24, 2.45) is 0 Å². The normalized spacial score (nSPS) is 10.6. The number of pyridine rings is 1. The van der Waals surface area contributed by atoms with Gasteiger partial charge in [0.1, 0.15) is 5.03 Å². The van der Waals surface area contributed by atoms with E-state index in [0.717, 1.165) is 9.92 Å². The summed E-state index contributed by atoms with van der Waals surface area (Å²) in [6.45, 7) is 0. The van der Waals surface area contributed by atoms with Crippen LogP contribution in [0.2, 0.25) is 0 Å². The molecule has 0 fully saturated rings. The Labute approximate surface area is 120 Å². The SMILES string of the molecule is O=C(O)c1ccc(Sc2ccc3ccccc3c2)nc1. The smallest absolute Gasteiger partial charge is 0.337 e. The molecule has 3 rings (SSSR count). The average molecular weight is 281 g/mol. The van der Waals surface area contributed by atoms with E-state index in [2.05, 4.69) is 29.2 Å². The molecule has 0 amide bonds. The summed E-state index contributed by atoms with van der Waals surface area (Å²) in [4.78, 5) is 16.0.